The maximum atomic E-state index is 5.89. The van der Waals surface area contributed by atoms with Crippen molar-refractivity contribution in [3.05, 3.63) is 11.2 Å². The zero-order valence-corrected chi connectivity index (χ0v) is 10.2. The molecule has 0 bridgehead atoms. The first-order valence-electron chi connectivity index (χ1n) is 5.74. The van der Waals surface area contributed by atoms with Crippen LogP contribution in [0.5, 0.6) is 0 Å². The predicted molar refractivity (Wildman–Crippen MR) is 66.7 cm³/mol. The van der Waals surface area contributed by atoms with Gasteiger partial charge in [-0.3, -0.25) is 0 Å². The SMILES string of the molecule is CCCN(CC1CC1)c1nc(N)cc(Cl)n1. The van der Waals surface area contributed by atoms with Crippen molar-refractivity contribution in [3.8, 4) is 0 Å². The molecule has 0 unspecified atom stereocenters. The molecule has 1 aromatic rings. The Kier molecular flexibility index (Phi) is 3.49. The van der Waals surface area contributed by atoms with Crippen LogP contribution < -0.4 is 10.6 Å². The van der Waals surface area contributed by atoms with E-state index in [9.17, 15) is 0 Å². The summed E-state index contributed by atoms with van der Waals surface area (Å²) in [5, 5.41) is 0.416. The Morgan fingerprint density at radius 1 is 1.50 bits per heavy atom. The molecule has 1 aliphatic rings. The van der Waals surface area contributed by atoms with Crippen LogP contribution in [0.1, 0.15) is 26.2 Å². The molecule has 16 heavy (non-hydrogen) atoms. The van der Waals surface area contributed by atoms with Crippen molar-refractivity contribution in [2.75, 3.05) is 23.7 Å². The van der Waals surface area contributed by atoms with Crippen LogP contribution in [0.4, 0.5) is 11.8 Å². The van der Waals surface area contributed by atoms with Gasteiger partial charge in [0.05, 0.1) is 0 Å². The summed E-state index contributed by atoms with van der Waals surface area (Å²) < 4.78 is 0. The van der Waals surface area contributed by atoms with Crippen LogP contribution in [0, 0.1) is 5.92 Å². The highest BCUT2D eigenvalue weighted by atomic mass is 35.5. The average Bonchev–Trinajstić information content (AvgIpc) is 2.99. The van der Waals surface area contributed by atoms with Crippen molar-refractivity contribution < 1.29 is 0 Å². The lowest BCUT2D eigenvalue weighted by atomic mass is 10.3. The number of anilines is 2. The quantitative estimate of drug-likeness (QED) is 0.803. The first kappa shape index (κ1) is 11.5. The van der Waals surface area contributed by atoms with Crippen LogP contribution in [0.15, 0.2) is 6.07 Å². The summed E-state index contributed by atoms with van der Waals surface area (Å²) in [6, 6.07) is 1.58. The van der Waals surface area contributed by atoms with Gasteiger partial charge in [-0.1, -0.05) is 18.5 Å². The van der Waals surface area contributed by atoms with Crippen molar-refractivity contribution in [1.82, 2.24) is 9.97 Å². The first-order chi connectivity index (χ1) is 7.69. The van der Waals surface area contributed by atoms with Gasteiger partial charge in [0.15, 0.2) is 0 Å². The molecule has 0 atom stereocenters. The zero-order chi connectivity index (χ0) is 11.5. The van der Waals surface area contributed by atoms with E-state index in [1.165, 1.54) is 12.8 Å². The summed E-state index contributed by atoms with van der Waals surface area (Å²) in [5.41, 5.74) is 5.68. The minimum Gasteiger partial charge on any atom is -0.383 e. The van der Waals surface area contributed by atoms with E-state index in [2.05, 4.69) is 21.8 Å². The molecule has 5 heteroatoms. The van der Waals surface area contributed by atoms with Gasteiger partial charge in [0.1, 0.15) is 11.0 Å². The summed E-state index contributed by atoms with van der Waals surface area (Å²) in [7, 11) is 0. The molecule has 2 rings (SSSR count). The average molecular weight is 241 g/mol. The highest BCUT2D eigenvalue weighted by molar-refractivity contribution is 6.29. The Balaban J connectivity index is 2.15. The van der Waals surface area contributed by atoms with Gasteiger partial charge in [0, 0.05) is 19.2 Å². The van der Waals surface area contributed by atoms with Gasteiger partial charge in [-0.25, -0.2) is 4.98 Å². The van der Waals surface area contributed by atoms with E-state index in [4.69, 9.17) is 17.3 Å². The molecule has 0 spiro atoms. The summed E-state index contributed by atoms with van der Waals surface area (Å²) in [6.45, 7) is 4.12. The second-order valence-electron chi connectivity index (χ2n) is 4.30. The van der Waals surface area contributed by atoms with Gasteiger partial charge < -0.3 is 10.6 Å². The lowest BCUT2D eigenvalue weighted by Gasteiger charge is -2.22. The van der Waals surface area contributed by atoms with E-state index >= 15 is 0 Å². The fourth-order valence-electron chi connectivity index (χ4n) is 1.72. The molecule has 2 N–H and O–H groups in total. The third-order valence-corrected chi connectivity index (χ3v) is 2.85. The van der Waals surface area contributed by atoms with Crippen molar-refractivity contribution in [3.63, 3.8) is 0 Å². The van der Waals surface area contributed by atoms with Crippen LogP contribution in [0.3, 0.4) is 0 Å². The minimum atomic E-state index is 0.416. The monoisotopic (exact) mass is 240 g/mol. The van der Waals surface area contributed by atoms with Gasteiger partial charge in [-0.05, 0) is 25.2 Å². The fraction of sp³-hybridized carbons (Fsp3) is 0.636. The van der Waals surface area contributed by atoms with Gasteiger partial charge in [0.25, 0.3) is 0 Å². The number of hydrogen-bond acceptors (Lipinski definition) is 4. The fourth-order valence-corrected chi connectivity index (χ4v) is 1.91. The van der Waals surface area contributed by atoms with Gasteiger partial charge in [-0.2, -0.15) is 4.98 Å². The third-order valence-electron chi connectivity index (χ3n) is 2.65. The third kappa shape index (κ3) is 2.98. The normalized spacial score (nSPS) is 15.1. The topological polar surface area (TPSA) is 55.0 Å². The van der Waals surface area contributed by atoms with Gasteiger partial charge >= 0.3 is 0 Å². The molecular weight excluding hydrogens is 224 g/mol. The number of aromatic nitrogens is 2. The Morgan fingerprint density at radius 3 is 2.81 bits per heavy atom. The van der Waals surface area contributed by atoms with Crippen molar-refractivity contribution in [2.24, 2.45) is 5.92 Å². The summed E-state index contributed by atoms with van der Waals surface area (Å²) >= 11 is 5.89. The molecule has 0 amide bonds. The predicted octanol–water partition coefficient (Wildman–Crippen LogP) is 2.34. The Labute approximate surface area is 101 Å². The van der Waals surface area contributed by atoms with Crippen LogP contribution >= 0.6 is 11.6 Å². The molecule has 1 saturated carbocycles. The van der Waals surface area contributed by atoms with Gasteiger partial charge in [-0.15, -0.1) is 0 Å². The lowest BCUT2D eigenvalue weighted by Crippen LogP contribution is -2.28. The molecular formula is C11H17ClN4. The molecule has 0 radical (unpaired) electrons. The Hall–Kier alpha value is -1.03. The second-order valence-corrected chi connectivity index (χ2v) is 4.69. The number of nitrogen functional groups attached to an aromatic ring is 1. The maximum absolute atomic E-state index is 5.89. The molecule has 4 nitrogen and oxygen atoms in total. The van der Waals surface area contributed by atoms with Gasteiger partial charge in [0.2, 0.25) is 5.95 Å². The molecule has 88 valence electrons. The maximum Gasteiger partial charge on any atom is 0.228 e. The molecule has 1 aromatic heterocycles. The van der Waals surface area contributed by atoms with E-state index < -0.39 is 0 Å². The summed E-state index contributed by atoms with van der Waals surface area (Å²) in [5.74, 6) is 1.90. The first-order valence-corrected chi connectivity index (χ1v) is 6.12. The van der Waals surface area contributed by atoms with Crippen LogP contribution in [-0.2, 0) is 0 Å². The van der Waals surface area contributed by atoms with Crippen LogP contribution in [0.2, 0.25) is 5.15 Å². The Bertz CT molecular complexity index is 345. The smallest absolute Gasteiger partial charge is 0.228 e. The highest BCUT2D eigenvalue weighted by Crippen LogP contribution is 2.31. The van der Waals surface area contributed by atoms with Crippen molar-refractivity contribution in [2.45, 2.75) is 26.2 Å². The molecule has 1 heterocycles. The number of hydrogen-bond donors (Lipinski definition) is 1. The molecule has 1 aliphatic carbocycles. The standard InChI is InChI=1S/C11H17ClN4/c1-2-5-16(7-8-3-4-8)11-14-9(12)6-10(13)15-11/h6,8H,2-5,7H2,1H3,(H2,13,14,15). The Morgan fingerprint density at radius 2 is 2.25 bits per heavy atom. The minimum absolute atomic E-state index is 0.416. The van der Waals surface area contributed by atoms with Crippen LogP contribution in [-0.4, -0.2) is 23.1 Å². The summed E-state index contributed by atoms with van der Waals surface area (Å²) in [4.78, 5) is 10.7. The zero-order valence-electron chi connectivity index (χ0n) is 9.49. The second kappa shape index (κ2) is 4.87. The number of nitrogens with two attached hydrogens (primary N) is 1. The molecule has 1 fully saturated rings. The molecule has 0 aliphatic heterocycles. The molecule has 0 saturated heterocycles. The number of nitrogens with zero attached hydrogens (tertiary/aromatic N) is 3. The molecule has 0 aromatic carbocycles. The summed E-state index contributed by atoms with van der Waals surface area (Å²) in [6.07, 6.45) is 3.70. The lowest BCUT2D eigenvalue weighted by molar-refractivity contribution is 0.689. The van der Waals surface area contributed by atoms with E-state index in [1.807, 2.05) is 0 Å². The van der Waals surface area contributed by atoms with E-state index in [1.54, 1.807) is 6.07 Å². The number of halogens is 1. The van der Waals surface area contributed by atoms with Crippen molar-refractivity contribution >= 4 is 23.4 Å². The van der Waals surface area contributed by atoms with E-state index in [-0.39, 0.29) is 0 Å². The van der Waals surface area contributed by atoms with E-state index in [0.29, 0.717) is 16.9 Å². The van der Waals surface area contributed by atoms with Crippen LogP contribution in [0.25, 0.3) is 0 Å². The van der Waals surface area contributed by atoms with Crippen molar-refractivity contribution in [1.29, 1.82) is 0 Å². The van der Waals surface area contributed by atoms with E-state index in [0.717, 1.165) is 25.4 Å². The highest BCUT2D eigenvalue weighted by Gasteiger charge is 2.25. The number of rotatable bonds is 5. The largest absolute Gasteiger partial charge is 0.383 e.